The molecule has 2 nitrogen and oxygen atoms in total. The third-order valence-electron chi connectivity index (χ3n) is 1.82. The van der Waals surface area contributed by atoms with Crippen LogP contribution in [0.1, 0.15) is 42.7 Å². The molecule has 0 aliphatic carbocycles. The van der Waals surface area contributed by atoms with Crippen LogP contribution in [0.5, 0.6) is 0 Å². The molecule has 0 amide bonds. The van der Waals surface area contributed by atoms with Gasteiger partial charge in [0.1, 0.15) is 0 Å². The Morgan fingerprint density at radius 1 is 1.54 bits per heavy atom. The number of Topliss-reactive ketones (excluding diaryl/α,β-unsaturated/α-hetero) is 1. The highest BCUT2D eigenvalue weighted by Gasteiger charge is 2.08. The van der Waals surface area contributed by atoms with Crippen molar-refractivity contribution >= 4 is 17.4 Å². The van der Waals surface area contributed by atoms with Gasteiger partial charge in [-0.2, -0.15) is 0 Å². The van der Waals surface area contributed by atoms with Crippen molar-refractivity contribution in [2.45, 2.75) is 26.7 Å². The Hall–Kier alpha value is -0.890. The second kappa shape index (κ2) is 3.88. The van der Waals surface area contributed by atoms with Crippen molar-refractivity contribution in [3.05, 3.63) is 28.5 Å². The molecular weight excluding hydrogens is 186 g/mol. The summed E-state index contributed by atoms with van der Waals surface area (Å²) in [7, 11) is 0. The molecule has 0 aliphatic rings. The summed E-state index contributed by atoms with van der Waals surface area (Å²) in [5.74, 6) is 0.276. The highest BCUT2D eigenvalue weighted by molar-refractivity contribution is 6.31. The smallest absolute Gasteiger partial charge is 0.161 e. The summed E-state index contributed by atoms with van der Waals surface area (Å²) in [6.45, 7) is 5.53. The minimum absolute atomic E-state index is 0.00953. The van der Waals surface area contributed by atoms with Crippen molar-refractivity contribution in [1.29, 1.82) is 0 Å². The third-order valence-corrected chi connectivity index (χ3v) is 2.13. The molecule has 13 heavy (non-hydrogen) atoms. The summed E-state index contributed by atoms with van der Waals surface area (Å²) in [6.07, 6.45) is 1.57. The van der Waals surface area contributed by atoms with E-state index in [1.807, 2.05) is 13.8 Å². The number of hydrogen-bond acceptors (Lipinski definition) is 2. The van der Waals surface area contributed by atoms with Crippen LogP contribution in [0.25, 0.3) is 0 Å². The molecule has 0 fully saturated rings. The van der Waals surface area contributed by atoms with Crippen LogP contribution in [0.4, 0.5) is 0 Å². The molecule has 0 radical (unpaired) electrons. The fourth-order valence-electron chi connectivity index (χ4n) is 1.07. The van der Waals surface area contributed by atoms with Crippen LogP contribution in [0, 0.1) is 0 Å². The molecule has 0 aromatic carbocycles. The fraction of sp³-hybridized carbons (Fsp3) is 0.400. The van der Waals surface area contributed by atoms with Gasteiger partial charge >= 0.3 is 0 Å². The zero-order valence-electron chi connectivity index (χ0n) is 7.97. The van der Waals surface area contributed by atoms with Gasteiger partial charge in [0.25, 0.3) is 0 Å². The summed E-state index contributed by atoms with van der Waals surface area (Å²) in [4.78, 5) is 15.1. The van der Waals surface area contributed by atoms with Crippen LogP contribution in [-0.4, -0.2) is 10.8 Å². The molecule has 0 aliphatic heterocycles. The highest BCUT2D eigenvalue weighted by Crippen LogP contribution is 2.22. The van der Waals surface area contributed by atoms with Gasteiger partial charge in [0.2, 0.25) is 0 Å². The van der Waals surface area contributed by atoms with Crippen LogP contribution in [0.2, 0.25) is 5.02 Å². The molecule has 0 N–H and O–H groups in total. The van der Waals surface area contributed by atoms with Gasteiger partial charge < -0.3 is 0 Å². The zero-order chi connectivity index (χ0) is 10.0. The van der Waals surface area contributed by atoms with E-state index in [2.05, 4.69) is 4.98 Å². The number of carbonyl (C=O) groups excluding carboxylic acids is 1. The maximum absolute atomic E-state index is 11.0. The molecule has 0 atom stereocenters. The fourth-order valence-corrected chi connectivity index (χ4v) is 1.45. The monoisotopic (exact) mass is 197 g/mol. The van der Waals surface area contributed by atoms with E-state index in [1.54, 1.807) is 12.3 Å². The van der Waals surface area contributed by atoms with E-state index in [9.17, 15) is 4.79 Å². The Labute approximate surface area is 82.9 Å². The highest BCUT2D eigenvalue weighted by atomic mass is 35.5. The molecule has 0 unspecified atom stereocenters. The Kier molecular flexibility index (Phi) is 3.04. The van der Waals surface area contributed by atoms with E-state index in [1.165, 1.54) is 6.92 Å². The number of carbonyl (C=O) groups is 1. The zero-order valence-corrected chi connectivity index (χ0v) is 8.72. The van der Waals surface area contributed by atoms with Gasteiger partial charge in [-0.15, -0.1) is 0 Å². The summed E-state index contributed by atoms with van der Waals surface area (Å²) in [6, 6.07) is 1.67. The molecule has 1 heterocycles. The maximum Gasteiger partial charge on any atom is 0.161 e. The predicted octanol–water partition coefficient (Wildman–Crippen LogP) is 3.06. The number of hydrogen-bond donors (Lipinski definition) is 0. The minimum Gasteiger partial charge on any atom is -0.294 e. The van der Waals surface area contributed by atoms with Gasteiger partial charge in [-0.05, 0) is 18.9 Å². The molecular formula is C10H12ClNO. The van der Waals surface area contributed by atoms with Crippen LogP contribution in [0.15, 0.2) is 12.3 Å². The molecule has 0 saturated carbocycles. The second-order valence-electron chi connectivity index (χ2n) is 3.30. The van der Waals surface area contributed by atoms with Crippen LogP contribution < -0.4 is 0 Å². The van der Waals surface area contributed by atoms with Crippen LogP contribution >= 0.6 is 11.6 Å². The minimum atomic E-state index is -0.00953. The lowest BCUT2D eigenvalue weighted by Crippen LogP contribution is -1.98. The van der Waals surface area contributed by atoms with Crippen molar-refractivity contribution in [3.8, 4) is 0 Å². The number of pyridine rings is 1. The van der Waals surface area contributed by atoms with Crippen molar-refractivity contribution < 1.29 is 4.79 Å². The van der Waals surface area contributed by atoms with Gasteiger partial charge in [0.15, 0.2) is 5.78 Å². The Bertz CT molecular complexity index is 334. The van der Waals surface area contributed by atoms with E-state index >= 15 is 0 Å². The summed E-state index contributed by atoms with van der Waals surface area (Å²) in [5.41, 5.74) is 1.40. The number of aromatic nitrogens is 1. The SMILES string of the molecule is CC(=O)c1cnc(C(C)C)c(Cl)c1. The Morgan fingerprint density at radius 3 is 2.54 bits per heavy atom. The molecule has 70 valence electrons. The standard InChI is InChI=1S/C10H12ClNO/c1-6(2)10-9(11)4-8(5-12-10)7(3)13/h4-6H,1-3H3. The van der Waals surface area contributed by atoms with Crippen molar-refractivity contribution in [2.75, 3.05) is 0 Å². The van der Waals surface area contributed by atoms with Crippen LogP contribution in [0.3, 0.4) is 0 Å². The lowest BCUT2D eigenvalue weighted by molar-refractivity contribution is 0.101. The molecule has 0 saturated heterocycles. The third kappa shape index (κ3) is 2.28. The first kappa shape index (κ1) is 10.2. The van der Waals surface area contributed by atoms with Gasteiger partial charge in [-0.3, -0.25) is 9.78 Å². The molecule has 3 heteroatoms. The van der Waals surface area contributed by atoms with E-state index in [-0.39, 0.29) is 11.7 Å². The number of rotatable bonds is 2. The second-order valence-corrected chi connectivity index (χ2v) is 3.71. The topological polar surface area (TPSA) is 30.0 Å². The summed E-state index contributed by atoms with van der Waals surface area (Å²) < 4.78 is 0. The first-order valence-corrected chi connectivity index (χ1v) is 4.56. The maximum atomic E-state index is 11.0. The van der Waals surface area contributed by atoms with Gasteiger partial charge in [0, 0.05) is 11.8 Å². The summed E-state index contributed by atoms with van der Waals surface area (Å²) >= 11 is 5.95. The van der Waals surface area contributed by atoms with Crippen molar-refractivity contribution in [3.63, 3.8) is 0 Å². The van der Waals surface area contributed by atoms with E-state index < -0.39 is 0 Å². The molecule has 1 aromatic heterocycles. The van der Waals surface area contributed by atoms with Gasteiger partial charge in [-0.25, -0.2) is 0 Å². The first-order chi connectivity index (χ1) is 6.02. The lowest BCUT2D eigenvalue weighted by atomic mass is 10.1. The average Bonchev–Trinajstić information content (AvgIpc) is 2.03. The molecule has 1 rings (SSSR count). The predicted molar refractivity (Wildman–Crippen MR) is 53.3 cm³/mol. The molecule has 1 aromatic rings. The Balaban J connectivity index is 3.13. The quantitative estimate of drug-likeness (QED) is 0.683. The van der Waals surface area contributed by atoms with Gasteiger partial charge in [-0.1, -0.05) is 25.4 Å². The number of ketones is 1. The molecule has 0 spiro atoms. The van der Waals surface area contributed by atoms with E-state index in [4.69, 9.17) is 11.6 Å². The Morgan fingerprint density at radius 2 is 2.15 bits per heavy atom. The largest absolute Gasteiger partial charge is 0.294 e. The van der Waals surface area contributed by atoms with E-state index in [0.29, 0.717) is 10.6 Å². The van der Waals surface area contributed by atoms with Crippen molar-refractivity contribution in [1.82, 2.24) is 4.98 Å². The summed E-state index contributed by atoms with van der Waals surface area (Å²) in [5, 5.41) is 0.572. The lowest BCUT2D eigenvalue weighted by Gasteiger charge is -2.06. The van der Waals surface area contributed by atoms with Gasteiger partial charge in [0.05, 0.1) is 10.7 Å². The number of nitrogens with zero attached hydrogens (tertiary/aromatic N) is 1. The number of halogens is 1. The first-order valence-electron chi connectivity index (χ1n) is 4.18. The average molecular weight is 198 g/mol. The molecule has 0 bridgehead atoms. The normalized spacial score (nSPS) is 10.5. The van der Waals surface area contributed by atoms with Crippen LogP contribution in [-0.2, 0) is 0 Å². The van der Waals surface area contributed by atoms with E-state index in [0.717, 1.165) is 5.69 Å². The van der Waals surface area contributed by atoms with Crippen molar-refractivity contribution in [2.24, 2.45) is 0 Å².